The predicted octanol–water partition coefficient (Wildman–Crippen LogP) is 4.50. The Balaban J connectivity index is 2.30. The fraction of sp³-hybridized carbons (Fsp3) is 0.333. The number of thiophene rings is 1. The third-order valence-corrected chi connectivity index (χ3v) is 4.17. The van der Waals surface area contributed by atoms with Gasteiger partial charge in [-0.05, 0) is 42.1 Å². The molecule has 0 spiro atoms. The van der Waals surface area contributed by atoms with Crippen LogP contribution in [-0.2, 0) is 0 Å². The van der Waals surface area contributed by atoms with Gasteiger partial charge >= 0.3 is 0 Å². The molecule has 1 heterocycles. The molecule has 0 saturated heterocycles. The highest BCUT2D eigenvalue weighted by Crippen LogP contribution is 2.31. The van der Waals surface area contributed by atoms with Gasteiger partial charge < -0.3 is 10.1 Å². The Labute approximate surface area is 123 Å². The molecule has 2 aromatic rings. The van der Waals surface area contributed by atoms with Crippen molar-refractivity contribution in [1.29, 1.82) is 0 Å². The molecule has 102 valence electrons. The topological polar surface area (TPSA) is 21.3 Å². The van der Waals surface area contributed by atoms with Crippen LogP contribution in [0.5, 0.6) is 5.75 Å². The molecule has 2 rings (SSSR count). The van der Waals surface area contributed by atoms with Crippen molar-refractivity contribution in [2.24, 2.45) is 0 Å². The number of nitrogens with one attached hydrogen (secondary N) is 1. The van der Waals surface area contributed by atoms with Gasteiger partial charge in [0.05, 0.1) is 18.2 Å². The zero-order valence-corrected chi connectivity index (χ0v) is 12.7. The van der Waals surface area contributed by atoms with E-state index in [0.717, 1.165) is 13.0 Å². The van der Waals surface area contributed by atoms with Gasteiger partial charge in [-0.2, -0.15) is 0 Å². The highest BCUT2D eigenvalue weighted by molar-refractivity contribution is 7.10. The first-order valence-corrected chi connectivity index (χ1v) is 7.62. The summed E-state index contributed by atoms with van der Waals surface area (Å²) < 4.78 is 5.20. The van der Waals surface area contributed by atoms with E-state index in [-0.39, 0.29) is 6.04 Å². The van der Waals surface area contributed by atoms with Crippen LogP contribution in [0.4, 0.5) is 0 Å². The lowest BCUT2D eigenvalue weighted by atomic mass is 10.0. The molecule has 0 aliphatic carbocycles. The summed E-state index contributed by atoms with van der Waals surface area (Å²) in [6.45, 7) is 3.14. The van der Waals surface area contributed by atoms with Gasteiger partial charge in [-0.15, -0.1) is 11.3 Å². The van der Waals surface area contributed by atoms with Crippen molar-refractivity contribution in [3.05, 3.63) is 51.2 Å². The van der Waals surface area contributed by atoms with Crippen molar-refractivity contribution in [2.45, 2.75) is 19.4 Å². The predicted molar refractivity (Wildman–Crippen MR) is 82.5 cm³/mol. The SMILES string of the molecule is CCCNC(c1ccc(OC)c(Cl)c1)c1cccs1. The molecule has 0 aliphatic heterocycles. The second-order valence-electron chi connectivity index (χ2n) is 4.30. The van der Waals surface area contributed by atoms with Gasteiger partial charge in [-0.1, -0.05) is 30.7 Å². The van der Waals surface area contributed by atoms with Crippen LogP contribution in [0.3, 0.4) is 0 Å². The zero-order chi connectivity index (χ0) is 13.7. The van der Waals surface area contributed by atoms with Crippen LogP contribution in [0.15, 0.2) is 35.7 Å². The lowest BCUT2D eigenvalue weighted by Crippen LogP contribution is -2.22. The minimum atomic E-state index is 0.198. The van der Waals surface area contributed by atoms with Crippen LogP contribution in [0, 0.1) is 0 Å². The van der Waals surface area contributed by atoms with E-state index in [9.17, 15) is 0 Å². The first-order chi connectivity index (χ1) is 9.26. The number of benzene rings is 1. The van der Waals surface area contributed by atoms with Crippen LogP contribution in [0.25, 0.3) is 0 Å². The summed E-state index contributed by atoms with van der Waals surface area (Å²) in [6.07, 6.45) is 1.10. The first kappa shape index (κ1) is 14.4. The maximum atomic E-state index is 6.22. The van der Waals surface area contributed by atoms with Crippen LogP contribution in [0.1, 0.15) is 29.8 Å². The molecule has 0 fully saturated rings. The summed E-state index contributed by atoms with van der Waals surface area (Å²) >= 11 is 7.97. The monoisotopic (exact) mass is 295 g/mol. The van der Waals surface area contributed by atoms with Gasteiger partial charge in [-0.25, -0.2) is 0 Å². The van der Waals surface area contributed by atoms with E-state index in [1.54, 1.807) is 18.4 Å². The fourth-order valence-electron chi connectivity index (χ4n) is 1.99. The molecule has 19 heavy (non-hydrogen) atoms. The highest BCUT2D eigenvalue weighted by atomic mass is 35.5. The molecule has 0 saturated carbocycles. The van der Waals surface area contributed by atoms with Crippen molar-refractivity contribution in [3.8, 4) is 5.75 Å². The molecular weight excluding hydrogens is 278 g/mol. The van der Waals surface area contributed by atoms with E-state index >= 15 is 0 Å². The molecule has 1 N–H and O–H groups in total. The van der Waals surface area contributed by atoms with Crippen molar-refractivity contribution >= 4 is 22.9 Å². The molecule has 0 amide bonds. The quantitative estimate of drug-likeness (QED) is 0.847. The van der Waals surface area contributed by atoms with Crippen molar-refractivity contribution < 1.29 is 4.74 Å². The Morgan fingerprint density at radius 1 is 1.37 bits per heavy atom. The highest BCUT2D eigenvalue weighted by Gasteiger charge is 2.15. The molecule has 4 heteroatoms. The first-order valence-electron chi connectivity index (χ1n) is 6.36. The average Bonchev–Trinajstić information content (AvgIpc) is 2.93. The summed E-state index contributed by atoms with van der Waals surface area (Å²) in [5.41, 5.74) is 1.17. The minimum Gasteiger partial charge on any atom is -0.495 e. The number of rotatable bonds is 6. The maximum absolute atomic E-state index is 6.22. The smallest absolute Gasteiger partial charge is 0.137 e. The van der Waals surface area contributed by atoms with Crippen molar-refractivity contribution in [2.75, 3.05) is 13.7 Å². The lowest BCUT2D eigenvalue weighted by molar-refractivity contribution is 0.414. The summed E-state index contributed by atoms with van der Waals surface area (Å²) in [5, 5.41) is 6.31. The number of methoxy groups -OCH3 is 1. The van der Waals surface area contributed by atoms with E-state index in [0.29, 0.717) is 10.8 Å². The Morgan fingerprint density at radius 3 is 2.79 bits per heavy atom. The Bertz CT molecular complexity index is 513. The molecule has 0 aliphatic rings. The lowest BCUT2D eigenvalue weighted by Gasteiger charge is -2.18. The zero-order valence-electron chi connectivity index (χ0n) is 11.2. The molecule has 1 aromatic heterocycles. The van der Waals surface area contributed by atoms with Gasteiger partial charge in [0.2, 0.25) is 0 Å². The molecule has 1 atom stereocenters. The number of ether oxygens (including phenoxy) is 1. The standard InChI is InChI=1S/C15H18ClNOS/c1-3-8-17-15(14-5-4-9-19-14)11-6-7-13(18-2)12(16)10-11/h4-7,9-10,15,17H,3,8H2,1-2H3. The summed E-state index contributed by atoms with van der Waals surface area (Å²) in [5.74, 6) is 0.714. The molecule has 2 nitrogen and oxygen atoms in total. The third kappa shape index (κ3) is 3.50. The van der Waals surface area contributed by atoms with Crippen molar-refractivity contribution in [3.63, 3.8) is 0 Å². The van der Waals surface area contributed by atoms with Gasteiger partial charge in [0.25, 0.3) is 0 Å². The van der Waals surface area contributed by atoms with Gasteiger partial charge in [0.15, 0.2) is 0 Å². The second kappa shape index (κ2) is 6.94. The number of hydrogen-bond acceptors (Lipinski definition) is 3. The van der Waals surface area contributed by atoms with Crippen LogP contribution in [-0.4, -0.2) is 13.7 Å². The second-order valence-corrected chi connectivity index (χ2v) is 5.68. The van der Waals surface area contributed by atoms with Crippen LogP contribution in [0.2, 0.25) is 5.02 Å². The summed E-state index contributed by atoms with van der Waals surface area (Å²) in [7, 11) is 1.63. The third-order valence-electron chi connectivity index (χ3n) is 2.94. The maximum Gasteiger partial charge on any atom is 0.137 e. The Morgan fingerprint density at radius 2 is 2.21 bits per heavy atom. The van der Waals surface area contributed by atoms with E-state index in [2.05, 4.69) is 35.8 Å². The number of hydrogen-bond donors (Lipinski definition) is 1. The minimum absolute atomic E-state index is 0.198. The van der Waals surface area contributed by atoms with E-state index in [1.165, 1.54) is 10.4 Å². The Hall–Kier alpha value is -1.03. The fourth-order valence-corrected chi connectivity index (χ4v) is 3.08. The summed E-state index contributed by atoms with van der Waals surface area (Å²) in [4.78, 5) is 1.30. The molecule has 1 unspecified atom stereocenters. The normalized spacial score (nSPS) is 12.4. The number of halogens is 1. The molecule has 1 aromatic carbocycles. The van der Waals surface area contributed by atoms with Crippen LogP contribution < -0.4 is 10.1 Å². The largest absolute Gasteiger partial charge is 0.495 e. The summed E-state index contributed by atoms with van der Waals surface area (Å²) in [6, 6.07) is 10.4. The Kier molecular flexibility index (Phi) is 5.25. The van der Waals surface area contributed by atoms with E-state index in [1.807, 2.05) is 12.1 Å². The molecular formula is C15H18ClNOS. The average molecular weight is 296 g/mol. The molecule has 0 bridgehead atoms. The van der Waals surface area contributed by atoms with Gasteiger partial charge in [0, 0.05) is 4.88 Å². The van der Waals surface area contributed by atoms with Crippen LogP contribution >= 0.6 is 22.9 Å². The van der Waals surface area contributed by atoms with Crippen molar-refractivity contribution in [1.82, 2.24) is 5.32 Å². The van der Waals surface area contributed by atoms with Gasteiger partial charge in [0.1, 0.15) is 5.75 Å². The van der Waals surface area contributed by atoms with E-state index in [4.69, 9.17) is 16.3 Å². The van der Waals surface area contributed by atoms with E-state index < -0.39 is 0 Å². The molecule has 0 radical (unpaired) electrons. The van der Waals surface area contributed by atoms with Gasteiger partial charge in [-0.3, -0.25) is 0 Å².